The van der Waals surface area contributed by atoms with E-state index in [1.54, 1.807) is 12.1 Å². The Morgan fingerprint density at radius 2 is 1.79 bits per heavy atom. The summed E-state index contributed by atoms with van der Waals surface area (Å²) < 4.78 is 0. The molecule has 0 saturated heterocycles. The predicted molar refractivity (Wildman–Crippen MR) is 142 cm³/mol. The van der Waals surface area contributed by atoms with E-state index in [0.29, 0.717) is 27.7 Å². The molecule has 4 rings (SSSR count). The quantitative estimate of drug-likeness (QED) is 0.315. The molecule has 0 aliphatic heterocycles. The summed E-state index contributed by atoms with van der Waals surface area (Å²) in [6, 6.07) is 16.7. The number of carbonyl (C=O) groups excluding carboxylic acids is 2. The number of aryl methyl sites for hydroxylation is 1. The Hall–Kier alpha value is -2.63. The highest BCUT2D eigenvalue weighted by Crippen LogP contribution is 2.33. The third-order valence-corrected chi connectivity index (χ3v) is 7.96. The maximum absolute atomic E-state index is 12.9. The van der Waals surface area contributed by atoms with Gasteiger partial charge in [-0.05, 0) is 61.6 Å². The van der Waals surface area contributed by atoms with Crippen LogP contribution in [0.15, 0.2) is 54.6 Å². The van der Waals surface area contributed by atoms with Crippen LogP contribution in [-0.2, 0) is 0 Å². The van der Waals surface area contributed by atoms with Gasteiger partial charge in [-0.1, -0.05) is 68.0 Å². The van der Waals surface area contributed by atoms with E-state index < -0.39 is 0 Å². The summed E-state index contributed by atoms with van der Waals surface area (Å²) in [6.07, 6.45) is 8.93. The number of hydrogen-bond acceptors (Lipinski definition) is 3. The first-order valence-corrected chi connectivity index (χ1v) is 13.3. The molecule has 1 aliphatic rings. The number of carbonyl (C=O) groups is 2. The SMILES string of the molecule is Cc1ccc(C(=O)NCCCC2CCCCC2)cc1NC(=O)c1ccc(-c2ccccc2Cl)s1. The Morgan fingerprint density at radius 1 is 1.00 bits per heavy atom. The molecule has 1 fully saturated rings. The summed E-state index contributed by atoms with van der Waals surface area (Å²) in [7, 11) is 0. The minimum atomic E-state index is -0.198. The molecule has 1 aromatic heterocycles. The third kappa shape index (κ3) is 6.28. The molecule has 0 bridgehead atoms. The average molecular weight is 495 g/mol. The van der Waals surface area contributed by atoms with Crippen molar-refractivity contribution in [1.82, 2.24) is 5.32 Å². The van der Waals surface area contributed by atoms with E-state index in [2.05, 4.69) is 10.6 Å². The second-order valence-electron chi connectivity index (χ2n) is 9.03. The van der Waals surface area contributed by atoms with Crippen molar-refractivity contribution >= 4 is 40.4 Å². The molecule has 0 spiro atoms. The Morgan fingerprint density at radius 3 is 2.59 bits per heavy atom. The maximum atomic E-state index is 12.9. The van der Waals surface area contributed by atoms with Crippen LogP contribution in [0.3, 0.4) is 0 Å². The lowest BCUT2D eigenvalue weighted by molar-refractivity contribution is 0.0950. The number of rotatable bonds is 8. The van der Waals surface area contributed by atoms with E-state index in [4.69, 9.17) is 11.6 Å². The van der Waals surface area contributed by atoms with Gasteiger partial charge in [-0.15, -0.1) is 11.3 Å². The molecular weight excluding hydrogens is 464 g/mol. The Bertz CT molecular complexity index is 1150. The zero-order valence-corrected chi connectivity index (χ0v) is 21.1. The predicted octanol–water partition coefficient (Wildman–Crippen LogP) is 7.72. The Labute approximate surface area is 210 Å². The normalized spacial score (nSPS) is 14.1. The molecule has 34 heavy (non-hydrogen) atoms. The van der Waals surface area contributed by atoms with Gasteiger partial charge in [-0.2, -0.15) is 0 Å². The van der Waals surface area contributed by atoms with Crippen molar-refractivity contribution < 1.29 is 9.59 Å². The summed E-state index contributed by atoms with van der Waals surface area (Å²) in [5.41, 5.74) is 3.02. The lowest BCUT2D eigenvalue weighted by Gasteiger charge is -2.21. The highest BCUT2D eigenvalue weighted by molar-refractivity contribution is 7.17. The van der Waals surface area contributed by atoms with Crippen molar-refractivity contribution in [3.05, 3.63) is 75.6 Å². The molecule has 1 aliphatic carbocycles. The van der Waals surface area contributed by atoms with Gasteiger partial charge in [0.1, 0.15) is 0 Å². The first-order chi connectivity index (χ1) is 16.5. The second kappa shape index (κ2) is 11.7. The van der Waals surface area contributed by atoms with E-state index in [9.17, 15) is 9.59 Å². The zero-order chi connectivity index (χ0) is 23.9. The number of hydrogen-bond donors (Lipinski definition) is 2. The number of amides is 2. The Kier molecular flexibility index (Phi) is 8.41. The van der Waals surface area contributed by atoms with Crippen LogP contribution in [-0.4, -0.2) is 18.4 Å². The van der Waals surface area contributed by atoms with E-state index in [1.807, 2.05) is 49.4 Å². The number of thiophene rings is 1. The molecule has 178 valence electrons. The molecule has 3 aromatic rings. The van der Waals surface area contributed by atoms with Crippen molar-refractivity contribution in [2.24, 2.45) is 5.92 Å². The number of benzene rings is 2. The zero-order valence-electron chi connectivity index (χ0n) is 19.5. The first-order valence-electron chi connectivity index (χ1n) is 12.1. The van der Waals surface area contributed by atoms with Crippen LogP contribution in [0.25, 0.3) is 10.4 Å². The summed E-state index contributed by atoms with van der Waals surface area (Å²) in [6.45, 7) is 2.61. The molecule has 2 N–H and O–H groups in total. The molecule has 0 atom stereocenters. The molecule has 1 saturated carbocycles. The monoisotopic (exact) mass is 494 g/mol. The van der Waals surface area contributed by atoms with Crippen molar-refractivity contribution in [3.63, 3.8) is 0 Å². The largest absolute Gasteiger partial charge is 0.352 e. The van der Waals surface area contributed by atoms with Gasteiger partial charge < -0.3 is 10.6 Å². The summed E-state index contributed by atoms with van der Waals surface area (Å²) in [5, 5.41) is 6.66. The van der Waals surface area contributed by atoms with E-state index in [0.717, 1.165) is 28.3 Å². The fourth-order valence-corrected chi connectivity index (χ4v) is 5.75. The van der Waals surface area contributed by atoms with Crippen molar-refractivity contribution in [2.75, 3.05) is 11.9 Å². The molecular formula is C28H31ClN2O2S. The highest BCUT2D eigenvalue weighted by atomic mass is 35.5. The van der Waals surface area contributed by atoms with Crippen LogP contribution in [0.4, 0.5) is 5.69 Å². The van der Waals surface area contributed by atoms with Crippen LogP contribution in [0.5, 0.6) is 0 Å². The molecule has 6 heteroatoms. The van der Waals surface area contributed by atoms with Gasteiger partial charge in [0, 0.05) is 33.3 Å². The molecule has 4 nitrogen and oxygen atoms in total. The van der Waals surface area contributed by atoms with E-state index in [1.165, 1.54) is 49.9 Å². The van der Waals surface area contributed by atoms with Crippen LogP contribution in [0.2, 0.25) is 5.02 Å². The van der Waals surface area contributed by atoms with E-state index in [-0.39, 0.29) is 11.8 Å². The molecule has 0 unspecified atom stereocenters. The summed E-state index contributed by atoms with van der Waals surface area (Å²) in [5.74, 6) is 0.523. The summed E-state index contributed by atoms with van der Waals surface area (Å²) >= 11 is 7.69. The fourth-order valence-electron chi connectivity index (χ4n) is 4.52. The van der Waals surface area contributed by atoms with Gasteiger partial charge in [0.15, 0.2) is 0 Å². The number of halogens is 1. The van der Waals surface area contributed by atoms with Crippen LogP contribution < -0.4 is 10.6 Å². The van der Waals surface area contributed by atoms with Gasteiger partial charge in [0.05, 0.1) is 4.88 Å². The molecule has 2 amide bonds. The second-order valence-corrected chi connectivity index (χ2v) is 10.5. The maximum Gasteiger partial charge on any atom is 0.265 e. The minimum Gasteiger partial charge on any atom is -0.352 e. The fraction of sp³-hybridized carbons (Fsp3) is 0.357. The van der Waals surface area contributed by atoms with Gasteiger partial charge in [-0.25, -0.2) is 0 Å². The van der Waals surface area contributed by atoms with Gasteiger partial charge >= 0.3 is 0 Å². The van der Waals surface area contributed by atoms with E-state index >= 15 is 0 Å². The topological polar surface area (TPSA) is 58.2 Å². The van der Waals surface area contributed by atoms with Gasteiger partial charge in [-0.3, -0.25) is 9.59 Å². The average Bonchev–Trinajstić information content (AvgIpc) is 3.34. The van der Waals surface area contributed by atoms with Crippen molar-refractivity contribution in [1.29, 1.82) is 0 Å². The van der Waals surface area contributed by atoms with Crippen LogP contribution in [0.1, 0.15) is 70.5 Å². The third-order valence-electron chi connectivity index (χ3n) is 6.52. The van der Waals surface area contributed by atoms with Crippen LogP contribution in [0, 0.1) is 12.8 Å². The van der Waals surface area contributed by atoms with Gasteiger partial charge in [0.25, 0.3) is 11.8 Å². The minimum absolute atomic E-state index is 0.101. The van der Waals surface area contributed by atoms with Crippen LogP contribution >= 0.6 is 22.9 Å². The number of nitrogens with one attached hydrogen (secondary N) is 2. The lowest BCUT2D eigenvalue weighted by atomic mass is 9.86. The Balaban J connectivity index is 1.35. The van der Waals surface area contributed by atoms with Gasteiger partial charge in [0.2, 0.25) is 0 Å². The first kappa shape index (κ1) is 24.5. The standard InChI is InChI=1S/C28H31ClN2O2S/c1-19-13-14-21(27(32)30-17-7-10-20-8-3-2-4-9-20)18-24(19)31-28(33)26-16-15-25(34-26)22-11-5-6-12-23(22)29/h5-6,11-16,18,20H,2-4,7-10,17H2,1H3,(H,30,32)(H,31,33). The lowest BCUT2D eigenvalue weighted by Crippen LogP contribution is -2.25. The smallest absolute Gasteiger partial charge is 0.265 e. The van der Waals surface area contributed by atoms with Crippen molar-refractivity contribution in [3.8, 4) is 10.4 Å². The van der Waals surface area contributed by atoms with Crippen molar-refractivity contribution in [2.45, 2.75) is 51.9 Å². The summed E-state index contributed by atoms with van der Waals surface area (Å²) in [4.78, 5) is 27.1. The molecule has 2 aromatic carbocycles. The number of anilines is 1. The highest BCUT2D eigenvalue weighted by Gasteiger charge is 2.16. The molecule has 1 heterocycles. The molecule has 0 radical (unpaired) electrons.